The topological polar surface area (TPSA) is 80.3 Å². The van der Waals surface area contributed by atoms with Crippen LogP contribution in [-0.2, 0) is 50.4 Å². The molecule has 0 bridgehead atoms. The Morgan fingerprint density at radius 1 is 0.389 bits per heavy atom. The van der Waals surface area contributed by atoms with Crippen LogP contribution in [0.2, 0.25) is 0 Å². The predicted octanol–water partition coefficient (Wildman–Crippen LogP) is 6.00. The van der Waals surface area contributed by atoms with E-state index in [2.05, 4.69) is 187 Å². The summed E-state index contributed by atoms with van der Waals surface area (Å²) in [6.07, 6.45) is 0. The zero-order valence-electron chi connectivity index (χ0n) is 31.4. The van der Waals surface area contributed by atoms with Crippen LogP contribution in [0.25, 0.3) is 0 Å². The quantitative estimate of drug-likeness (QED) is 0.117. The van der Waals surface area contributed by atoms with Crippen LogP contribution in [0, 0.1) is 41.5 Å². The van der Waals surface area contributed by atoms with Crippen LogP contribution in [0.4, 0.5) is 0 Å². The van der Waals surface area contributed by atoms with Crippen LogP contribution in [-0.4, -0.2) is 11.9 Å². The molecule has 0 aliphatic carbocycles. The van der Waals surface area contributed by atoms with Crippen molar-refractivity contribution in [3.8, 4) is 0 Å². The third-order valence-corrected chi connectivity index (χ3v) is 13.7. The van der Waals surface area contributed by atoms with Gasteiger partial charge in [0.05, 0.1) is 0 Å². The summed E-state index contributed by atoms with van der Waals surface area (Å²) in [4.78, 5) is 17.8. The van der Waals surface area contributed by atoms with Crippen LogP contribution < -0.4 is 42.0 Å². The van der Waals surface area contributed by atoms with E-state index in [1.54, 1.807) is 0 Å². The normalized spacial score (nSPS) is 9.78. The Labute approximate surface area is 352 Å². The number of carboxylic acid groups (broad SMARTS) is 2. The van der Waals surface area contributed by atoms with Crippen molar-refractivity contribution in [2.75, 3.05) is 0 Å². The molecule has 0 aliphatic rings. The summed E-state index contributed by atoms with van der Waals surface area (Å²) in [5.74, 6) is -2.17. The van der Waals surface area contributed by atoms with Gasteiger partial charge in [-0.25, -0.2) is 0 Å². The fourth-order valence-electron chi connectivity index (χ4n) is 5.49. The molecule has 4 nitrogen and oxygen atoms in total. The van der Waals surface area contributed by atoms with Crippen molar-refractivity contribution in [1.82, 2.24) is 0 Å². The SMILES string of the molecule is CC(=O)[O-].CC(=O)[O-].[CH2-]c1ccccc1P(c1ccccc1C)c1ccccc1C.[CH2-]c1ccccc1P(c1ccccc1C)c1ccccc1C.[Pd+2].[Pd+2]. The number of carbonyl (C=O) groups is 2. The monoisotopic (exact) mass is 936 g/mol. The number of carboxylic acids is 2. The Morgan fingerprint density at radius 3 is 0.741 bits per heavy atom. The number of rotatable bonds is 6. The molecule has 0 radical (unpaired) electrons. The van der Waals surface area contributed by atoms with Crippen LogP contribution in [0.1, 0.15) is 47.2 Å². The van der Waals surface area contributed by atoms with E-state index in [9.17, 15) is 0 Å². The van der Waals surface area contributed by atoms with Gasteiger partial charge in [0.15, 0.2) is 0 Å². The van der Waals surface area contributed by atoms with E-state index in [4.69, 9.17) is 19.8 Å². The first kappa shape index (κ1) is 48.2. The third kappa shape index (κ3) is 14.4. The van der Waals surface area contributed by atoms with Crippen molar-refractivity contribution in [1.29, 1.82) is 0 Å². The second-order valence-electron chi connectivity index (χ2n) is 12.1. The van der Waals surface area contributed by atoms with Crippen molar-refractivity contribution in [2.24, 2.45) is 0 Å². The Bertz CT molecular complexity index is 1710. The van der Waals surface area contributed by atoms with Crippen LogP contribution in [0.15, 0.2) is 146 Å². The molecule has 0 fully saturated rings. The molecular formula is C46H46O4P2Pd2. The van der Waals surface area contributed by atoms with Crippen LogP contribution in [0.3, 0.4) is 0 Å². The van der Waals surface area contributed by atoms with Gasteiger partial charge in [0.1, 0.15) is 0 Å². The van der Waals surface area contributed by atoms with Gasteiger partial charge in [-0.1, -0.05) is 125 Å². The minimum atomic E-state index is -1.08. The van der Waals surface area contributed by atoms with Gasteiger partial charge < -0.3 is 19.8 Å². The first-order chi connectivity index (χ1) is 24.8. The number of hydrogen-bond acceptors (Lipinski definition) is 4. The van der Waals surface area contributed by atoms with E-state index in [1.165, 1.54) is 54.1 Å². The Morgan fingerprint density at radius 2 is 0.556 bits per heavy atom. The van der Waals surface area contributed by atoms with E-state index in [0.717, 1.165) is 25.0 Å². The first-order valence-corrected chi connectivity index (χ1v) is 19.5. The summed E-state index contributed by atoms with van der Waals surface area (Å²) in [5.41, 5.74) is 7.64. The van der Waals surface area contributed by atoms with E-state index < -0.39 is 27.8 Å². The van der Waals surface area contributed by atoms with Crippen molar-refractivity contribution >= 4 is 59.6 Å². The standard InChI is InChI=1S/2C21H20P.2C2H4O2.2Pd/c2*1-16-10-4-7-13-19(16)22(20-14-8-5-11-17(20)2)21-15-9-6-12-18(21)3;2*1-2(3)4;;/h2*4-15H,1H2,2-3H3;2*1H3,(H,3,4);;/q2*-1;;;2*+2/p-2. The number of carbonyl (C=O) groups excluding carboxylic acids is 2. The predicted molar refractivity (Wildman–Crippen MR) is 220 cm³/mol. The molecule has 8 heteroatoms. The second-order valence-corrected chi connectivity index (χ2v) is 16.3. The molecule has 0 aliphatic heterocycles. The third-order valence-electron chi connectivity index (χ3n) is 7.89. The molecule has 0 N–H and O–H groups in total. The molecule has 0 saturated carbocycles. The summed E-state index contributed by atoms with van der Waals surface area (Å²) in [6, 6.07) is 51.9. The molecule has 0 heterocycles. The number of aryl methyl sites for hydroxylation is 4. The van der Waals surface area contributed by atoms with Gasteiger partial charge in [0.2, 0.25) is 0 Å². The molecule has 6 rings (SSSR count). The Balaban J connectivity index is 0.000000437. The zero-order chi connectivity index (χ0) is 38.2. The molecule has 0 atom stereocenters. The molecule has 0 aromatic heterocycles. The summed E-state index contributed by atoms with van der Waals surface area (Å²) in [6.45, 7) is 19.3. The molecule has 0 amide bonds. The largest absolute Gasteiger partial charge is 2.00 e. The maximum absolute atomic E-state index is 8.89. The molecule has 0 spiro atoms. The Hall–Kier alpha value is -3.82. The average molecular weight is 938 g/mol. The molecule has 284 valence electrons. The van der Waals surface area contributed by atoms with Gasteiger partial charge in [-0.2, -0.15) is 37.1 Å². The van der Waals surface area contributed by atoms with Crippen molar-refractivity contribution in [3.05, 3.63) is 193 Å². The van der Waals surface area contributed by atoms with Crippen molar-refractivity contribution in [3.63, 3.8) is 0 Å². The number of aliphatic carboxylic acids is 2. The minimum Gasteiger partial charge on any atom is -0.550 e. The zero-order valence-corrected chi connectivity index (χ0v) is 36.3. The van der Waals surface area contributed by atoms with Gasteiger partial charge in [0.25, 0.3) is 0 Å². The first-order valence-electron chi connectivity index (χ1n) is 16.8. The summed E-state index contributed by atoms with van der Waals surface area (Å²) < 4.78 is 0. The van der Waals surface area contributed by atoms with E-state index in [0.29, 0.717) is 0 Å². The van der Waals surface area contributed by atoms with Gasteiger partial charge in [0, 0.05) is 11.9 Å². The molecule has 6 aromatic carbocycles. The van der Waals surface area contributed by atoms with E-state index in [1.807, 2.05) is 0 Å². The van der Waals surface area contributed by atoms with Gasteiger partial charge in [-0.15, -0.1) is 34.9 Å². The maximum atomic E-state index is 8.89. The summed E-state index contributed by atoms with van der Waals surface area (Å²) >= 11 is 0. The second kappa shape index (κ2) is 24.6. The fraction of sp³-hybridized carbons (Fsp3) is 0.130. The average Bonchev–Trinajstić information content (AvgIpc) is 3.10. The van der Waals surface area contributed by atoms with Gasteiger partial charge in [-0.05, 0) is 85.0 Å². The molecule has 6 aromatic rings. The van der Waals surface area contributed by atoms with Gasteiger partial charge in [-0.3, -0.25) is 0 Å². The fourth-order valence-corrected chi connectivity index (χ4v) is 10.9. The van der Waals surface area contributed by atoms with Crippen LogP contribution in [0.5, 0.6) is 0 Å². The van der Waals surface area contributed by atoms with E-state index in [-0.39, 0.29) is 40.8 Å². The molecular weight excluding hydrogens is 891 g/mol. The van der Waals surface area contributed by atoms with Gasteiger partial charge >= 0.3 is 40.8 Å². The maximum Gasteiger partial charge on any atom is 2.00 e. The van der Waals surface area contributed by atoms with Crippen LogP contribution >= 0.6 is 15.8 Å². The van der Waals surface area contributed by atoms with E-state index >= 15 is 0 Å². The minimum absolute atomic E-state index is 0. The smallest absolute Gasteiger partial charge is 0.550 e. The summed E-state index contributed by atoms with van der Waals surface area (Å²) in [7, 11) is -1.14. The van der Waals surface area contributed by atoms with Crippen molar-refractivity contribution < 1.29 is 60.6 Å². The van der Waals surface area contributed by atoms with Crippen molar-refractivity contribution in [2.45, 2.75) is 41.5 Å². The molecule has 0 unspecified atom stereocenters. The number of benzene rings is 6. The molecule has 54 heavy (non-hydrogen) atoms. The summed E-state index contributed by atoms with van der Waals surface area (Å²) in [5, 5.41) is 26.2. The Kier molecular flexibility index (Phi) is 21.9. The molecule has 0 saturated heterocycles. The number of hydrogen-bond donors (Lipinski definition) is 0.